The monoisotopic (exact) mass is 274 g/mol. The van der Waals surface area contributed by atoms with Crippen molar-refractivity contribution in [2.75, 3.05) is 5.75 Å². The minimum Gasteiger partial charge on any atom is -0.480 e. The summed E-state index contributed by atoms with van der Waals surface area (Å²) >= 11 is 0. The number of hydrogen-bond donors (Lipinski definition) is 2. The molecule has 0 spiro atoms. The van der Waals surface area contributed by atoms with E-state index in [0.29, 0.717) is 12.8 Å². The lowest BCUT2D eigenvalue weighted by Gasteiger charge is -2.17. The van der Waals surface area contributed by atoms with Gasteiger partial charge in [-0.15, -0.1) is 0 Å². The highest BCUT2D eigenvalue weighted by Crippen LogP contribution is 2.45. The number of rotatable bonds is 7. The quantitative estimate of drug-likeness (QED) is 0.711. The van der Waals surface area contributed by atoms with Gasteiger partial charge in [0.05, 0.1) is 17.2 Å². The van der Waals surface area contributed by atoms with Crippen LogP contribution in [-0.4, -0.2) is 31.3 Å². The first kappa shape index (κ1) is 14.9. The van der Waals surface area contributed by atoms with Crippen molar-refractivity contribution in [2.24, 2.45) is 11.3 Å². The van der Waals surface area contributed by atoms with Crippen molar-refractivity contribution in [1.29, 1.82) is 5.26 Å². The zero-order valence-electron chi connectivity index (χ0n) is 10.5. The number of nitrogens with zero attached hydrogens (tertiary/aromatic N) is 1. The minimum absolute atomic E-state index is 0.0691. The molecule has 1 atom stereocenters. The second-order valence-electron chi connectivity index (χ2n) is 5.29. The van der Waals surface area contributed by atoms with E-state index in [0.717, 1.165) is 0 Å². The molecule has 0 heterocycles. The average molecular weight is 274 g/mol. The van der Waals surface area contributed by atoms with Gasteiger partial charge in [0.15, 0.2) is 0 Å². The Kier molecular flexibility index (Phi) is 4.35. The van der Waals surface area contributed by atoms with Gasteiger partial charge in [-0.2, -0.15) is 5.26 Å². The van der Waals surface area contributed by atoms with Crippen LogP contribution in [0.1, 0.15) is 33.1 Å². The largest absolute Gasteiger partial charge is 0.480 e. The Morgan fingerprint density at radius 1 is 1.50 bits per heavy atom. The summed E-state index contributed by atoms with van der Waals surface area (Å²) in [7, 11) is -3.73. The summed E-state index contributed by atoms with van der Waals surface area (Å²) in [6.07, 6.45) is 1.35. The first-order chi connectivity index (χ1) is 8.20. The number of aliphatic carboxylic acids is 1. The highest BCUT2D eigenvalue weighted by Gasteiger charge is 2.47. The summed E-state index contributed by atoms with van der Waals surface area (Å²) in [6, 6.07) is 0.864. The van der Waals surface area contributed by atoms with Crippen molar-refractivity contribution >= 4 is 16.0 Å². The van der Waals surface area contributed by atoms with Crippen molar-refractivity contribution in [2.45, 2.75) is 39.2 Å². The Hall–Kier alpha value is -1.13. The predicted octanol–water partition coefficient (Wildman–Crippen LogP) is 0.709. The van der Waals surface area contributed by atoms with Gasteiger partial charge in [0.2, 0.25) is 10.0 Å². The Morgan fingerprint density at radius 2 is 2.06 bits per heavy atom. The lowest BCUT2D eigenvalue weighted by molar-refractivity contribution is -0.139. The van der Waals surface area contributed by atoms with Crippen LogP contribution in [0.25, 0.3) is 0 Å². The van der Waals surface area contributed by atoms with Crippen molar-refractivity contribution in [1.82, 2.24) is 4.72 Å². The molecule has 1 fully saturated rings. The molecule has 0 aromatic rings. The highest BCUT2D eigenvalue weighted by atomic mass is 32.2. The summed E-state index contributed by atoms with van der Waals surface area (Å²) in [4.78, 5) is 11.0. The Bertz CT molecular complexity index is 460. The van der Waals surface area contributed by atoms with E-state index < -0.39 is 27.4 Å². The second-order valence-corrected chi connectivity index (χ2v) is 7.04. The number of nitrogens with one attached hydrogen (secondary N) is 1. The lowest BCUT2D eigenvalue weighted by Crippen LogP contribution is -2.43. The normalized spacial score (nSPS) is 19.2. The van der Waals surface area contributed by atoms with Gasteiger partial charge in [0.25, 0.3) is 0 Å². The maximum absolute atomic E-state index is 11.8. The van der Waals surface area contributed by atoms with E-state index in [9.17, 15) is 13.2 Å². The SMILES string of the molecule is CC(C)C[C@H](NS(=O)(=O)CC1(C#N)CC1)C(=O)O. The van der Waals surface area contributed by atoms with E-state index in [1.54, 1.807) is 0 Å². The zero-order chi connectivity index (χ0) is 14.0. The van der Waals surface area contributed by atoms with Gasteiger partial charge in [-0.1, -0.05) is 13.8 Å². The molecule has 2 N–H and O–H groups in total. The number of carboxylic acid groups (broad SMARTS) is 1. The number of sulfonamides is 1. The van der Waals surface area contributed by atoms with Crippen LogP contribution in [0.15, 0.2) is 0 Å². The van der Waals surface area contributed by atoms with Gasteiger partial charge in [0.1, 0.15) is 6.04 Å². The van der Waals surface area contributed by atoms with E-state index in [1.165, 1.54) is 0 Å². The molecule has 102 valence electrons. The third-order valence-electron chi connectivity index (χ3n) is 2.88. The predicted molar refractivity (Wildman–Crippen MR) is 65.1 cm³/mol. The molecular weight excluding hydrogens is 256 g/mol. The minimum atomic E-state index is -3.73. The van der Waals surface area contributed by atoms with E-state index in [4.69, 9.17) is 10.4 Å². The van der Waals surface area contributed by atoms with Crippen LogP contribution in [0.5, 0.6) is 0 Å². The smallest absolute Gasteiger partial charge is 0.321 e. The Morgan fingerprint density at radius 3 is 2.39 bits per heavy atom. The van der Waals surface area contributed by atoms with Crippen LogP contribution in [0.3, 0.4) is 0 Å². The molecular formula is C11H18N2O4S. The number of carboxylic acids is 1. The molecule has 18 heavy (non-hydrogen) atoms. The van der Waals surface area contributed by atoms with Crippen LogP contribution in [0.4, 0.5) is 0 Å². The maximum atomic E-state index is 11.8. The fourth-order valence-electron chi connectivity index (χ4n) is 1.73. The van der Waals surface area contributed by atoms with Gasteiger partial charge < -0.3 is 5.11 Å². The van der Waals surface area contributed by atoms with Gasteiger partial charge in [-0.05, 0) is 25.2 Å². The molecule has 0 unspecified atom stereocenters. The van der Waals surface area contributed by atoms with Crippen LogP contribution < -0.4 is 4.72 Å². The molecule has 1 aliphatic rings. The van der Waals surface area contributed by atoms with Gasteiger partial charge in [0, 0.05) is 0 Å². The molecule has 1 aliphatic carbocycles. The average Bonchev–Trinajstić information content (AvgIpc) is 2.95. The highest BCUT2D eigenvalue weighted by molar-refractivity contribution is 7.89. The molecule has 0 aromatic carbocycles. The van der Waals surface area contributed by atoms with Crippen LogP contribution >= 0.6 is 0 Å². The van der Waals surface area contributed by atoms with E-state index in [-0.39, 0.29) is 18.1 Å². The van der Waals surface area contributed by atoms with Crippen LogP contribution in [0, 0.1) is 22.7 Å². The fourth-order valence-corrected chi connectivity index (χ4v) is 3.53. The number of hydrogen-bond acceptors (Lipinski definition) is 4. The maximum Gasteiger partial charge on any atom is 0.321 e. The number of carbonyl (C=O) groups is 1. The van der Waals surface area contributed by atoms with Crippen molar-refractivity contribution < 1.29 is 18.3 Å². The second kappa shape index (κ2) is 5.24. The van der Waals surface area contributed by atoms with E-state index >= 15 is 0 Å². The van der Waals surface area contributed by atoms with Crippen molar-refractivity contribution in [3.63, 3.8) is 0 Å². The summed E-state index contributed by atoms with van der Waals surface area (Å²) in [5, 5.41) is 17.8. The molecule has 1 rings (SSSR count). The molecule has 0 bridgehead atoms. The van der Waals surface area contributed by atoms with E-state index in [2.05, 4.69) is 4.72 Å². The van der Waals surface area contributed by atoms with Gasteiger partial charge >= 0.3 is 5.97 Å². The third kappa shape index (κ3) is 4.27. The van der Waals surface area contributed by atoms with Gasteiger partial charge in [-0.3, -0.25) is 4.79 Å². The van der Waals surface area contributed by atoms with Crippen molar-refractivity contribution in [3.8, 4) is 6.07 Å². The van der Waals surface area contributed by atoms with Crippen LogP contribution in [-0.2, 0) is 14.8 Å². The summed E-state index contributed by atoms with van der Waals surface area (Å²) < 4.78 is 25.8. The van der Waals surface area contributed by atoms with E-state index in [1.807, 2.05) is 19.9 Å². The summed E-state index contributed by atoms with van der Waals surface area (Å²) in [5.41, 5.74) is -0.799. The lowest BCUT2D eigenvalue weighted by atomic mass is 10.1. The fraction of sp³-hybridized carbons (Fsp3) is 0.818. The molecule has 0 saturated heterocycles. The molecule has 6 nitrogen and oxygen atoms in total. The summed E-state index contributed by atoms with van der Waals surface area (Å²) in [5.74, 6) is -1.42. The molecule has 0 radical (unpaired) electrons. The Labute approximate surface area is 107 Å². The first-order valence-corrected chi connectivity index (χ1v) is 7.49. The van der Waals surface area contributed by atoms with Crippen LogP contribution in [0.2, 0.25) is 0 Å². The summed E-state index contributed by atoms with van der Waals surface area (Å²) in [6.45, 7) is 3.64. The number of nitriles is 1. The topological polar surface area (TPSA) is 107 Å². The molecule has 0 aromatic heterocycles. The molecule has 1 saturated carbocycles. The molecule has 0 aliphatic heterocycles. The van der Waals surface area contributed by atoms with Crippen molar-refractivity contribution in [3.05, 3.63) is 0 Å². The zero-order valence-corrected chi connectivity index (χ0v) is 11.3. The standard InChI is InChI=1S/C11H18N2O4S/c1-8(2)5-9(10(14)15)13-18(16,17)7-11(6-12)3-4-11/h8-9,13H,3-5,7H2,1-2H3,(H,14,15)/t9-/m0/s1. The third-order valence-corrected chi connectivity index (χ3v) is 4.46. The Balaban J connectivity index is 2.68. The molecule has 0 amide bonds. The van der Waals surface area contributed by atoms with Gasteiger partial charge in [-0.25, -0.2) is 13.1 Å². The first-order valence-electron chi connectivity index (χ1n) is 5.84. The molecule has 7 heteroatoms.